The van der Waals surface area contributed by atoms with Crippen molar-refractivity contribution in [1.29, 1.82) is 0 Å². The third-order valence-electron chi connectivity index (χ3n) is 3.75. The molecule has 126 valence electrons. The number of aryl methyl sites for hydroxylation is 1. The first kappa shape index (κ1) is 19.4. The van der Waals surface area contributed by atoms with E-state index in [1.165, 1.54) is 17.7 Å². The van der Waals surface area contributed by atoms with Gasteiger partial charge < -0.3 is 9.04 Å². The van der Waals surface area contributed by atoms with E-state index in [-0.39, 0.29) is 4.90 Å². The number of hydrogen-bond acceptors (Lipinski definition) is 3. The Kier molecular flexibility index (Phi) is 6.50. The highest BCUT2D eigenvalue weighted by Gasteiger charge is 2.19. The van der Waals surface area contributed by atoms with Gasteiger partial charge in [-0.15, -0.1) is 0 Å². The molecule has 4 nitrogen and oxygen atoms in total. The average Bonchev–Trinajstić information content (AvgIpc) is 2.46. The topological polar surface area (TPSA) is 57.2 Å². The maximum atomic E-state index is 10.4. The molecule has 0 aliphatic rings. The maximum absolute atomic E-state index is 10.4. The van der Waals surface area contributed by atoms with Gasteiger partial charge in [-0.05, 0) is 26.0 Å². The first-order valence-electron chi connectivity index (χ1n) is 7.40. The Hall–Kier alpha value is -1.69. The summed E-state index contributed by atoms with van der Waals surface area (Å²) >= 11 is 0. The van der Waals surface area contributed by atoms with E-state index in [4.69, 9.17) is 0 Å². The highest BCUT2D eigenvalue weighted by molar-refractivity contribution is 7.85. The first-order valence-corrected chi connectivity index (χ1v) is 8.81. The Bertz CT molecular complexity index is 702. The normalized spacial score (nSPS) is 13.0. The molecule has 2 aromatic carbocycles. The van der Waals surface area contributed by atoms with Crippen LogP contribution in [0.4, 0.5) is 0 Å². The van der Waals surface area contributed by atoms with Crippen LogP contribution < -0.4 is 0 Å². The van der Waals surface area contributed by atoms with Crippen molar-refractivity contribution in [3.8, 4) is 0 Å². The van der Waals surface area contributed by atoms with Crippen molar-refractivity contribution in [2.24, 2.45) is 0 Å². The lowest BCUT2D eigenvalue weighted by Crippen LogP contribution is -2.37. The second-order valence-corrected chi connectivity index (χ2v) is 7.85. The molecular formula is C18H25NO3S. The van der Waals surface area contributed by atoms with Gasteiger partial charge in [0.15, 0.2) is 0 Å². The molecule has 0 N–H and O–H groups in total. The van der Waals surface area contributed by atoms with Gasteiger partial charge in [0.2, 0.25) is 0 Å². The van der Waals surface area contributed by atoms with Crippen LogP contribution in [0.1, 0.15) is 24.1 Å². The zero-order valence-electron chi connectivity index (χ0n) is 14.4. The summed E-state index contributed by atoms with van der Waals surface area (Å²) in [4.78, 5) is -0.178. The summed E-state index contributed by atoms with van der Waals surface area (Å²) in [5.74, 6) is 0. The Morgan fingerprint density at radius 1 is 0.913 bits per heavy atom. The van der Waals surface area contributed by atoms with E-state index in [1.54, 1.807) is 12.1 Å². The van der Waals surface area contributed by atoms with Crippen LogP contribution in [0.3, 0.4) is 0 Å². The van der Waals surface area contributed by atoms with Crippen LogP contribution in [-0.4, -0.2) is 38.6 Å². The molecule has 0 amide bonds. The van der Waals surface area contributed by atoms with E-state index in [2.05, 4.69) is 58.4 Å². The van der Waals surface area contributed by atoms with Crippen LogP contribution in [0.5, 0.6) is 0 Å². The molecule has 0 heterocycles. The molecule has 0 fully saturated rings. The molecule has 1 atom stereocenters. The summed E-state index contributed by atoms with van der Waals surface area (Å²) in [5, 5.41) is 0. The number of rotatable bonds is 3. The first-order chi connectivity index (χ1) is 10.5. The Balaban J connectivity index is 0.000000231. The van der Waals surface area contributed by atoms with Crippen LogP contribution in [0.2, 0.25) is 0 Å². The second kappa shape index (κ2) is 7.73. The Morgan fingerprint density at radius 2 is 1.39 bits per heavy atom. The molecule has 2 aromatic rings. The molecule has 0 aromatic heterocycles. The van der Waals surface area contributed by atoms with Crippen LogP contribution in [0, 0.1) is 6.92 Å². The summed E-state index contributed by atoms with van der Waals surface area (Å²) in [7, 11) is 2.39. The number of benzene rings is 2. The van der Waals surface area contributed by atoms with Crippen LogP contribution in [0.15, 0.2) is 59.5 Å². The smallest absolute Gasteiger partial charge is 0.124 e. The van der Waals surface area contributed by atoms with Crippen molar-refractivity contribution < 1.29 is 17.5 Å². The monoisotopic (exact) mass is 335 g/mol. The van der Waals surface area contributed by atoms with E-state index < -0.39 is 10.1 Å². The summed E-state index contributed by atoms with van der Waals surface area (Å²) in [6, 6.07) is 17.0. The van der Waals surface area contributed by atoms with Gasteiger partial charge in [-0.3, -0.25) is 0 Å². The summed E-state index contributed by atoms with van der Waals surface area (Å²) in [6.07, 6.45) is 0. The molecular weight excluding hydrogens is 310 g/mol. The van der Waals surface area contributed by atoms with E-state index in [9.17, 15) is 13.0 Å². The van der Waals surface area contributed by atoms with Gasteiger partial charge in [0.05, 0.1) is 26.0 Å². The minimum absolute atomic E-state index is 0.178. The van der Waals surface area contributed by atoms with E-state index in [0.717, 1.165) is 10.0 Å². The van der Waals surface area contributed by atoms with E-state index in [1.807, 2.05) is 6.92 Å². The highest BCUT2D eigenvalue weighted by atomic mass is 32.2. The highest BCUT2D eigenvalue weighted by Crippen LogP contribution is 2.21. The minimum atomic E-state index is -4.27. The van der Waals surface area contributed by atoms with Crippen LogP contribution >= 0.6 is 0 Å². The molecule has 0 spiro atoms. The number of hydrogen-bond donors (Lipinski definition) is 0. The van der Waals surface area contributed by atoms with Crippen LogP contribution in [-0.2, 0) is 10.1 Å². The van der Waals surface area contributed by atoms with Crippen molar-refractivity contribution in [1.82, 2.24) is 0 Å². The summed E-state index contributed by atoms with van der Waals surface area (Å²) in [6.45, 7) is 4.08. The summed E-state index contributed by atoms with van der Waals surface area (Å²) in [5.41, 5.74) is 2.34. The third kappa shape index (κ3) is 6.52. The zero-order valence-corrected chi connectivity index (χ0v) is 15.2. The fourth-order valence-electron chi connectivity index (χ4n) is 1.88. The predicted octanol–water partition coefficient (Wildman–Crippen LogP) is 3.35. The lowest BCUT2D eigenvalue weighted by Gasteiger charge is -2.31. The molecule has 0 radical (unpaired) electrons. The van der Waals surface area contributed by atoms with Crippen molar-refractivity contribution in [2.45, 2.75) is 24.8 Å². The molecule has 0 saturated heterocycles. The van der Waals surface area contributed by atoms with Gasteiger partial charge in [0.25, 0.3) is 0 Å². The molecule has 0 aliphatic heterocycles. The predicted molar refractivity (Wildman–Crippen MR) is 92.0 cm³/mol. The zero-order chi connectivity index (χ0) is 17.7. The van der Waals surface area contributed by atoms with Crippen molar-refractivity contribution in [2.75, 3.05) is 21.1 Å². The molecule has 0 saturated carbocycles. The van der Waals surface area contributed by atoms with E-state index in [0.29, 0.717) is 6.04 Å². The largest absolute Gasteiger partial charge is 0.744 e. The lowest BCUT2D eigenvalue weighted by molar-refractivity contribution is -0.900. The molecule has 5 heteroatoms. The standard InChI is InChI=1S/C11H18N.C7H8O3S/c1-10(12(2,3)4)11-8-6-5-7-9-11;1-6-2-4-7(5-3-6)11(8,9)10/h5-10H,1-4H3;2-5H,1H3,(H,8,9,10)/q+1;/p-1. The molecule has 1 unspecified atom stereocenters. The molecule has 23 heavy (non-hydrogen) atoms. The maximum Gasteiger partial charge on any atom is 0.124 e. The number of quaternary nitrogens is 1. The summed E-state index contributed by atoms with van der Waals surface area (Å²) < 4.78 is 32.1. The molecule has 0 bridgehead atoms. The molecule has 0 aliphatic carbocycles. The van der Waals surface area contributed by atoms with Gasteiger partial charge in [-0.2, -0.15) is 0 Å². The molecule has 2 rings (SSSR count). The minimum Gasteiger partial charge on any atom is -0.744 e. The van der Waals surface area contributed by atoms with E-state index >= 15 is 0 Å². The van der Waals surface area contributed by atoms with Crippen molar-refractivity contribution in [3.05, 3.63) is 65.7 Å². The Labute approximate surface area is 139 Å². The van der Waals surface area contributed by atoms with Gasteiger partial charge in [0, 0.05) is 5.56 Å². The van der Waals surface area contributed by atoms with Crippen LogP contribution in [0.25, 0.3) is 0 Å². The second-order valence-electron chi connectivity index (χ2n) is 6.47. The van der Waals surface area contributed by atoms with Gasteiger partial charge >= 0.3 is 0 Å². The lowest BCUT2D eigenvalue weighted by atomic mass is 10.1. The SMILES string of the molecule is CC(c1ccccc1)[N+](C)(C)C.Cc1ccc(S(=O)(=O)[O-])cc1. The average molecular weight is 335 g/mol. The van der Waals surface area contributed by atoms with Crippen molar-refractivity contribution >= 4 is 10.1 Å². The van der Waals surface area contributed by atoms with Crippen molar-refractivity contribution in [3.63, 3.8) is 0 Å². The van der Waals surface area contributed by atoms with Gasteiger partial charge in [0.1, 0.15) is 16.2 Å². The fraction of sp³-hybridized carbons (Fsp3) is 0.333. The van der Waals surface area contributed by atoms with Gasteiger partial charge in [-0.25, -0.2) is 8.42 Å². The fourth-order valence-corrected chi connectivity index (χ4v) is 2.35. The van der Waals surface area contributed by atoms with Gasteiger partial charge in [-0.1, -0.05) is 48.0 Å². The Morgan fingerprint density at radius 3 is 1.78 bits per heavy atom. The third-order valence-corrected chi connectivity index (χ3v) is 4.60. The quantitative estimate of drug-likeness (QED) is 0.638. The number of nitrogens with zero attached hydrogens (tertiary/aromatic N) is 1.